The van der Waals surface area contributed by atoms with Gasteiger partial charge in [0.1, 0.15) is 23.3 Å². The highest BCUT2D eigenvalue weighted by atomic mass is 32.3. The van der Waals surface area contributed by atoms with Gasteiger partial charge in [0, 0.05) is 24.8 Å². The van der Waals surface area contributed by atoms with Crippen LogP contribution in [-0.2, 0) is 0 Å². The molecule has 8 heterocycles. The van der Waals surface area contributed by atoms with Crippen LogP contribution in [0.25, 0.3) is 23.3 Å². The van der Waals surface area contributed by atoms with Crippen LogP contribution in [-0.4, -0.2) is 40.3 Å². The fourth-order valence-corrected chi connectivity index (χ4v) is 11.5. The quantitative estimate of drug-likeness (QED) is 0.130. The number of pyridine rings is 4. The van der Waals surface area contributed by atoms with Crippen molar-refractivity contribution < 1.29 is 2.10 Å². The second-order valence-corrected chi connectivity index (χ2v) is 14.9. The Labute approximate surface area is 255 Å². The van der Waals surface area contributed by atoms with Crippen LogP contribution in [0.15, 0.2) is 122 Å². The van der Waals surface area contributed by atoms with Crippen molar-refractivity contribution in [1.82, 2.24) is 38.2 Å². The first-order chi connectivity index (χ1) is 20.1. The number of aromatic nitrogens is 8. The van der Waals surface area contributed by atoms with Gasteiger partial charge in [0.15, 0.2) is 72.7 Å². The molecule has 0 unspecified atom stereocenters. The first kappa shape index (κ1) is 25.1. The Kier molecular flexibility index (Phi) is 5.98. The normalized spacial score (nSPS) is 14.8. The van der Waals surface area contributed by atoms with Crippen LogP contribution in [0.5, 0.6) is 0 Å². The summed E-state index contributed by atoms with van der Waals surface area (Å²) in [6.45, 7) is 0. The van der Waals surface area contributed by atoms with Gasteiger partial charge in [0.05, 0.1) is 0 Å². The molecular weight excluding hydrogens is 615 g/mol. The van der Waals surface area contributed by atoms with Gasteiger partial charge in [0.25, 0.3) is 0 Å². The molecule has 1 spiro atoms. The molecule has 41 heavy (non-hydrogen) atoms. The third kappa shape index (κ3) is 3.95. The van der Waals surface area contributed by atoms with Gasteiger partial charge in [-0.1, -0.05) is 26.4 Å². The van der Waals surface area contributed by atoms with Crippen LogP contribution in [0.4, 0.5) is 0 Å². The van der Waals surface area contributed by atoms with Crippen LogP contribution in [0.1, 0.15) is 0 Å². The topological polar surface area (TPSA) is 88.4 Å². The Hall–Kier alpha value is -3.60. The average molecular weight is 631 g/mol. The predicted octanol–water partition coefficient (Wildman–Crippen LogP) is 6.09. The van der Waals surface area contributed by atoms with E-state index in [1.165, 1.54) is 0 Å². The molecule has 0 saturated heterocycles. The lowest BCUT2D eigenvalue weighted by molar-refractivity contribution is -0.268. The standard InChI is InChI=1S/C26H16N9OS5/c36-25-31(17-9-1-5-13-27-17)21-22(32(25)18-10-2-6-14-28-18)39-35(38-21)40-23-24(41-35)34(20-12-4-8-16-30-20)26(37)33(23)19-11-3-7-15-29-19/h1-16H/q+1. The smallest absolute Gasteiger partial charge is 0.257 e. The molecule has 0 radical (unpaired) electrons. The molecule has 8 rings (SSSR count). The maximum absolute atomic E-state index is 13.9. The van der Waals surface area contributed by atoms with Gasteiger partial charge in [-0.05, 0) is 60.7 Å². The van der Waals surface area contributed by atoms with Crippen LogP contribution >= 0.6 is 60.0 Å². The van der Waals surface area contributed by atoms with Gasteiger partial charge in [-0.15, -0.1) is 0 Å². The number of nitrogens with zero attached hydrogens (tertiary/aromatic N) is 9. The van der Waals surface area contributed by atoms with Crippen molar-refractivity contribution in [2.24, 2.45) is 0 Å². The fraction of sp³-hybridized carbons (Fsp3) is 0. The average Bonchev–Trinajstić information content (AvgIpc) is 3.69. The number of imidazole rings is 2. The Balaban J connectivity index is 1.30. The van der Waals surface area contributed by atoms with Crippen molar-refractivity contribution in [2.45, 2.75) is 20.1 Å². The van der Waals surface area contributed by atoms with Crippen LogP contribution in [0.2, 0.25) is 0 Å². The fourth-order valence-electron chi connectivity index (χ4n) is 4.54. The third-order valence-corrected chi connectivity index (χ3v) is 12.6. The van der Waals surface area contributed by atoms with E-state index in [4.69, 9.17) is 12.2 Å². The summed E-state index contributed by atoms with van der Waals surface area (Å²) in [5, 5.41) is 3.49. The first-order valence-corrected chi connectivity index (χ1v) is 15.7. The summed E-state index contributed by atoms with van der Waals surface area (Å²) < 4.78 is 8.28. The number of hydrogen-bond acceptors (Lipinski definition) is 10. The van der Waals surface area contributed by atoms with Gasteiger partial charge < -0.3 is 0 Å². The molecule has 2 aliphatic heterocycles. The van der Waals surface area contributed by atoms with Gasteiger partial charge in [-0.3, -0.25) is 9.13 Å². The summed E-state index contributed by atoms with van der Waals surface area (Å²) >= 11 is 12.4. The summed E-state index contributed by atoms with van der Waals surface area (Å²) in [5.41, 5.74) is -0.216. The number of rotatable bonds is 4. The van der Waals surface area contributed by atoms with E-state index < -0.39 is 0 Å². The van der Waals surface area contributed by atoms with E-state index in [0.29, 0.717) is 18.5 Å². The van der Waals surface area contributed by atoms with Gasteiger partial charge in [-0.25, -0.2) is 33.9 Å². The Morgan fingerprint density at radius 3 is 1.15 bits per heavy atom. The van der Waals surface area contributed by atoms with Gasteiger partial charge >= 0.3 is 5.69 Å². The number of quaternary nitrogens is 1. The lowest BCUT2D eigenvalue weighted by Gasteiger charge is -2.18. The second-order valence-electron chi connectivity index (χ2n) is 8.69. The van der Waals surface area contributed by atoms with Crippen LogP contribution in [0, 0.1) is 4.77 Å². The Bertz CT molecular complexity index is 1750. The van der Waals surface area contributed by atoms with E-state index in [0.717, 1.165) is 31.7 Å². The lowest BCUT2D eigenvalue weighted by Crippen LogP contribution is -2.25. The molecule has 0 saturated carbocycles. The summed E-state index contributed by atoms with van der Waals surface area (Å²) in [6.07, 6.45) is 6.90. The molecule has 200 valence electrons. The molecule has 2 aliphatic rings. The minimum absolute atomic E-state index is 0.216. The van der Waals surface area contributed by atoms with Crippen molar-refractivity contribution in [3.05, 3.63) is 113 Å². The van der Waals surface area contributed by atoms with Crippen LogP contribution in [0.3, 0.4) is 0 Å². The third-order valence-electron chi connectivity index (χ3n) is 6.25. The summed E-state index contributed by atoms with van der Waals surface area (Å²) in [7, 11) is 0. The summed E-state index contributed by atoms with van der Waals surface area (Å²) in [5.74, 6) is 2.56. The van der Waals surface area contributed by atoms with E-state index in [1.54, 1.807) is 81.7 Å². The molecule has 0 bridgehead atoms. The van der Waals surface area contributed by atoms with E-state index in [2.05, 4.69) is 19.9 Å². The summed E-state index contributed by atoms with van der Waals surface area (Å²) in [4.78, 5) is 32.1. The highest BCUT2D eigenvalue weighted by Crippen LogP contribution is 2.71. The first-order valence-electron chi connectivity index (χ1n) is 12.2. The molecular formula is C26H16N9OS5+. The highest BCUT2D eigenvalue weighted by molar-refractivity contribution is 8.31. The molecule has 0 N–H and O–H groups in total. The predicted molar refractivity (Wildman–Crippen MR) is 162 cm³/mol. The zero-order chi connectivity index (χ0) is 27.6. The van der Waals surface area contributed by atoms with E-state index in [9.17, 15) is 4.79 Å². The van der Waals surface area contributed by atoms with Crippen molar-refractivity contribution >= 4 is 60.0 Å². The Morgan fingerprint density at radius 1 is 0.512 bits per heavy atom. The zero-order valence-corrected chi connectivity index (χ0v) is 24.8. The van der Waals surface area contributed by atoms with Crippen molar-refractivity contribution in [1.29, 1.82) is 0 Å². The largest absolute Gasteiger partial charge is 0.341 e. The van der Waals surface area contributed by atoms with E-state index >= 15 is 0 Å². The second kappa shape index (κ2) is 9.75. The van der Waals surface area contributed by atoms with Crippen LogP contribution < -0.4 is 5.69 Å². The molecule has 0 atom stereocenters. The molecule has 0 aliphatic carbocycles. The Morgan fingerprint density at radius 2 is 0.829 bits per heavy atom. The molecule has 6 aromatic rings. The minimum Gasteiger partial charge on any atom is -0.257 e. The maximum Gasteiger partial charge on any atom is 0.341 e. The monoisotopic (exact) mass is 630 g/mol. The van der Waals surface area contributed by atoms with Gasteiger partial charge in [-0.2, -0.15) is 0 Å². The molecule has 0 aromatic carbocycles. The minimum atomic E-state index is -0.216. The number of fused-ring (bicyclic) bond motifs is 2. The summed E-state index contributed by atoms with van der Waals surface area (Å²) in [6, 6.07) is 22.7. The number of hydrogen-bond donors (Lipinski definition) is 0. The van der Waals surface area contributed by atoms with Crippen molar-refractivity contribution in [3.63, 3.8) is 0 Å². The molecule has 10 nitrogen and oxygen atoms in total. The van der Waals surface area contributed by atoms with E-state index in [1.807, 2.05) is 81.9 Å². The maximum atomic E-state index is 13.9. The lowest BCUT2D eigenvalue weighted by atomic mass is 10.4. The molecule has 0 fully saturated rings. The van der Waals surface area contributed by atoms with Gasteiger partial charge in [0.2, 0.25) is 0 Å². The zero-order valence-electron chi connectivity index (χ0n) is 20.7. The molecule has 15 heteroatoms. The highest BCUT2D eigenvalue weighted by Gasteiger charge is 2.58. The SMILES string of the molecule is O=c1n(-c2ccccn2)c2c(n1-c1ccccn1)S[N+]1(S2)Sc2c(n(-c3ccccn3)c(=S)n2-c2ccccn2)S1. The molecule has 6 aromatic heterocycles. The van der Waals surface area contributed by atoms with Crippen molar-refractivity contribution in [2.75, 3.05) is 0 Å². The van der Waals surface area contributed by atoms with E-state index in [-0.39, 0.29) is 5.69 Å². The van der Waals surface area contributed by atoms with Crippen molar-refractivity contribution in [3.8, 4) is 23.3 Å². The molecule has 0 amide bonds.